The molecule has 1 rings (SSSR count). The molecule has 0 spiro atoms. The molecule has 1 unspecified atom stereocenters. The molecule has 1 aromatic rings. The molecule has 0 aliphatic carbocycles. The Balaban J connectivity index is 2.43. The maximum absolute atomic E-state index is 11.9. The third-order valence-electron chi connectivity index (χ3n) is 3.09. The largest absolute Gasteiger partial charge is 0.385 e. The third kappa shape index (κ3) is 5.49. The molecule has 0 fully saturated rings. The molecule has 0 bridgehead atoms. The van der Waals surface area contributed by atoms with Gasteiger partial charge in [0.05, 0.1) is 6.04 Å². The highest BCUT2D eigenvalue weighted by molar-refractivity contribution is 6.31. The molecule has 0 aliphatic rings. The zero-order chi connectivity index (χ0) is 15.0. The van der Waals surface area contributed by atoms with Gasteiger partial charge in [-0.3, -0.25) is 10.1 Å². The fourth-order valence-electron chi connectivity index (χ4n) is 1.95. The lowest BCUT2D eigenvalue weighted by atomic mass is 10.1. The van der Waals surface area contributed by atoms with Crippen LogP contribution in [0, 0.1) is 0 Å². The van der Waals surface area contributed by atoms with Crippen LogP contribution in [0.1, 0.15) is 31.9 Å². The Morgan fingerprint density at radius 3 is 2.70 bits per heavy atom. The van der Waals surface area contributed by atoms with E-state index in [9.17, 15) is 4.79 Å². The Morgan fingerprint density at radius 1 is 1.35 bits per heavy atom. The summed E-state index contributed by atoms with van der Waals surface area (Å²) < 4.78 is 4.94. The topological polar surface area (TPSA) is 50.4 Å². The van der Waals surface area contributed by atoms with Gasteiger partial charge in [0.25, 0.3) is 0 Å². The Kier molecular flexibility index (Phi) is 7.59. The molecule has 1 aromatic carbocycles. The minimum Gasteiger partial charge on any atom is -0.385 e. The standard InChI is InChI=1S/C15H23ClN2O2/c1-11(13-7-4-5-8-14(13)16)18-12(2)15(19)17-9-6-10-20-3/h4-5,7-8,11-12,18H,6,9-10H2,1-3H3,(H,17,19)/t11-,12?/m0/s1. The van der Waals surface area contributed by atoms with Gasteiger partial charge >= 0.3 is 0 Å². The van der Waals surface area contributed by atoms with Crippen molar-refractivity contribution in [2.24, 2.45) is 0 Å². The first-order chi connectivity index (χ1) is 9.56. The van der Waals surface area contributed by atoms with E-state index in [0.717, 1.165) is 12.0 Å². The number of amides is 1. The van der Waals surface area contributed by atoms with E-state index in [1.807, 2.05) is 38.1 Å². The molecule has 0 saturated heterocycles. The number of rotatable bonds is 8. The molecule has 2 N–H and O–H groups in total. The quantitative estimate of drug-likeness (QED) is 0.725. The minimum atomic E-state index is -0.274. The van der Waals surface area contributed by atoms with E-state index in [0.29, 0.717) is 18.2 Å². The molecular weight excluding hydrogens is 276 g/mol. The number of benzene rings is 1. The van der Waals surface area contributed by atoms with E-state index in [-0.39, 0.29) is 18.0 Å². The molecule has 112 valence electrons. The molecule has 20 heavy (non-hydrogen) atoms. The highest BCUT2D eigenvalue weighted by Gasteiger charge is 2.17. The molecule has 0 heterocycles. The van der Waals surface area contributed by atoms with E-state index in [2.05, 4.69) is 10.6 Å². The number of methoxy groups -OCH3 is 1. The van der Waals surface area contributed by atoms with Gasteiger partial charge in [0.1, 0.15) is 0 Å². The van der Waals surface area contributed by atoms with Crippen LogP contribution in [0.15, 0.2) is 24.3 Å². The van der Waals surface area contributed by atoms with Crippen molar-refractivity contribution in [1.29, 1.82) is 0 Å². The predicted molar refractivity (Wildman–Crippen MR) is 82.0 cm³/mol. The third-order valence-corrected chi connectivity index (χ3v) is 3.43. The second-order valence-electron chi connectivity index (χ2n) is 4.77. The fourth-order valence-corrected chi connectivity index (χ4v) is 2.25. The summed E-state index contributed by atoms with van der Waals surface area (Å²) in [6.07, 6.45) is 0.815. The van der Waals surface area contributed by atoms with Crippen molar-refractivity contribution in [1.82, 2.24) is 10.6 Å². The lowest BCUT2D eigenvalue weighted by Gasteiger charge is -2.20. The zero-order valence-electron chi connectivity index (χ0n) is 12.3. The van der Waals surface area contributed by atoms with E-state index in [1.165, 1.54) is 0 Å². The van der Waals surface area contributed by atoms with Crippen LogP contribution >= 0.6 is 11.6 Å². The number of carbonyl (C=O) groups excluding carboxylic acids is 1. The molecule has 0 aromatic heterocycles. The summed E-state index contributed by atoms with van der Waals surface area (Å²) in [5.41, 5.74) is 0.994. The van der Waals surface area contributed by atoms with Gasteiger partial charge in [-0.1, -0.05) is 29.8 Å². The van der Waals surface area contributed by atoms with Gasteiger partial charge in [-0.05, 0) is 31.9 Å². The number of carbonyl (C=O) groups is 1. The van der Waals surface area contributed by atoms with Gasteiger partial charge in [-0.25, -0.2) is 0 Å². The Labute approximate surface area is 125 Å². The van der Waals surface area contributed by atoms with Crippen molar-refractivity contribution in [3.05, 3.63) is 34.9 Å². The fraction of sp³-hybridized carbons (Fsp3) is 0.533. The number of hydrogen-bond acceptors (Lipinski definition) is 3. The molecular formula is C15H23ClN2O2. The molecule has 5 heteroatoms. The summed E-state index contributed by atoms with van der Waals surface area (Å²) in [5.74, 6) is -0.0139. The summed E-state index contributed by atoms with van der Waals surface area (Å²) in [7, 11) is 1.65. The first-order valence-corrected chi connectivity index (χ1v) is 7.21. The highest BCUT2D eigenvalue weighted by Crippen LogP contribution is 2.22. The SMILES string of the molecule is COCCCNC(=O)C(C)N[C@@H](C)c1ccccc1Cl. The van der Waals surface area contributed by atoms with Gasteiger partial charge in [0.15, 0.2) is 0 Å². The van der Waals surface area contributed by atoms with E-state index in [4.69, 9.17) is 16.3 Å². The van der Waals surface area contributed by atoms with Gasteiger partial charge in [-0.2, -0.15) is 0 Å². The second kappa shape index (κ2) is 8.95. The minimum absolute atomic E-state index is 0.0139. The Bertz CT molecular complexity index is 426. The van der Waals surface area contributed by atoms with Crippen molar-refractivity contribution < 1.29 is 9.53 Å². The van der Waals surface area contributed by atoms with Gasteiger partial charge in [0.2, 0.25) is 5.91 Å². The number of ether oxygens (including phenoxy) is 1. The van der Waals surface area contributed by atoms with Crippen LogP contribution in [-0.2, 0) is 9.53 Å². The average Bonchev–Trinajstić information content (AvgIpc) is 2.43. The Hall–Kier alpha value is -1.10. The molecule has 4 nitrogen and oxygen atoms in total. The molecule has 0 radical (unpaired) electrons. The van der Waals surface area contributed by atoms with Crippen molar-refractivity contribution in [3.8, 4) is 0 Å². The van der Waals surface area contributed by atoms with E-state index in [1.54, 1.807) is 7.11 Å². The lowest BCUT2D eigenvalue weighted by molar-refractivity contribution is -0.122. The van der Waals surface area contributed by atoms with E-state index < -0.39 is 0 Å². The van der Waals surface area contributed by atoms with Crippen molar-refractivity contribution in [3.63, 3.8) is 0 Å². The number of halogens is 1. The maximum Gasteiger partial charge on any atom is 0.236 e. The summed E-state index contributed by atoms with van der Waals surface area (Å²) >= 11 is 6.15. The van der Waals surface area contributed by atoms with Crippen LogP contribution in [0.4, 0.5) is 0 Å². The number of hydrogen-bond donors (Lipinski definition) is 2. The summed E-state index contributed by atoms with van der Waals surface area (Å²) in [6, 6.07) is 7.39. The zero-order valence-corrected chi connectivity index (χ0v) is 13.0. The maximum atomic E-state index is 11.9. The van der Waals surface area contributed by atoms with Crippen LogP contribution in [-0.4, -0.2) is 32.2 Å². The molecule has 0 saturated carbocycles. The highest BCUT2D eigenvalue weighted by atomic mass is 35.5. The van der Waals surface area contributed by atoms with E-state index >= 15 is 0 Å². The molecule has 1 amide bonds. The first kappa shape index (κ1) is 17.0. The van der Waals surface area contributed by atoms with Crippen molar-refractivity contribution in [2.45, 2.75) is 32.4 Å². The Morgan fingerprint density at radius 2 is 2.05 bits per heavy atom. The van der Waals surface area contributed by atoms with Crippen molar-refractivity contribution in [2.75, 3.05) is 20.3 Å². The van der Waals surface area contributed by atoms with Gasteiger partial charge in [-0.15, -0.1) is 0 Å². The summed E-state index contributed by atoms with van der Waals surface area (Å²) in [4.78, 5) is 11.9. The monoisotopic (exact) mass is 298 g/mol. The van der Waals surface area contributed by atoms with Gasteiger partial charge in [0, 0.05) is 31.3 Å². The summed E-state index contributed by atoms with van der Waals surface area (Å²) in [6.45, 7) is 5.12. The normalized spacial score (nSPS) is 13.8. The van der Waals surface area contributed by atoms with Crippen LogP contribution < -0.4 is 10.6 Å². The lowest BCUT2D eigenvalue weighted by Crippen LogP contribution is -2.43. The molecule has 2 atom stereocenters. The van der Waals surface area contributed by atoms with Crippen LogP contribution in [0.5, 0.6) is 0 Å². The first-order valence-electron chi connectivity index (χ1n) is 6.83. The average molecular weight is 299 g/mol. The van der Waals surface area contributed by atoms with Crippen LogP contribution in [0.25, 0.3) is 0 Å². The number of nitrogens with one attached hydrogen (secondary N) is 2. The predicted octanol–water partition coefficient (Wildman–Crippen LogP) is 2.53. The van der Waals surface area contributed by atoms with Crippen molar-refractivity contribution >= 4 is 17.5 Å². The summed E-state index contributed by atoms with van der Waals surface area (Å²) in [5, 5.41) is 6.83. The van der Waals surface area contributed by atoms with Crippen LogP contribution in [0.2, 0.25) is 5.02 Å². The molecule has 0 aliphatic heterocycles. The van der Waals surface area contributed by atoms with Crippen LogP contribution in [0.3, 0.4) is 0 Å². The smallest absolute Gasteiger partial charge is 0.236 e. The second-order valence-corrected chi connectivity index (χ2v) is 5.18. The van der Waals surface area contributed by atoms with Gasteiger partial charge < -0.3 is 10.1 Å².